The van der Waals surface area contributed by atoms with Crippen molar-refractivity contribution in [2.75, 3.05) is 38.3 Å². The highest BCUT2D eigenvalue weighted by Gasteiger charge is 2.26. The van der Waals surface area contributed by atoms with Gasteiger partial charge in [-0.2, -0.15) is 0 Å². The van der Waals surface area contributed by atoms with E-state index in [0.717, 1.165) is 38.5 Å². The lowest BCUT2D eigenvalue weighted by Crippen LogP contribution is -2.37. The number of nitrogens with one attached hydrogen (secondary N) is 1. The molecule has 5 heteroatoms. The van der Waals surface area contributed by atoms with E-state index in [1.807, 2.05) is 0 Å². The third-order valence-corrected chi connectivity index (χ3v) is 4.67. The van der Waals surface area contributed by atoms with Crippen molar-refractivity contribution in [3.05, 3.63) is 11.1 Å². The molecule has 0 atom stereocenters. The second-order valence-corrected chi connectivity index (χ2v) is 6.78. The fourth-order valence-corrected chi connectivity index (χ4v) is 3.10. The van der Waals surface area contributed by atoms with Gasteiger partial charge in [-0.1, -0.05) is 13.8 Å². The Balaban J connectivity index is 1.80. The highest BCUT2D eigenvalue weighted by Crippen LogP contribution is 2.33. The summed E-state index contributed by atoms with van der Waals surface area (Å²) in [4.78, 5) is 7.15. The number of ether oxygens (including phenoxy) is 1. The van der Waals surface area contributed by atoms with Gasteiger partial charge >= 0.3 is 0 Å². The molecule has 0 amide bonds. The zero-order valence-electron chi connectivity index (χ0n) is 12.2. The maximum atomic E-state index is 5.01. The van der Waals surface area contributed by atoms with Gasteiger partial charge in [-0.05, 0) is 18.3 Å². The van der Waals surface area contributed by atoms with Crippen molar-refractivity contribution in [3.8, 4) is 0 Å². The first-order chi connectivity index (χ1) is 9.11. The summed E-state index contributed by atoms with van der Waals surface area (Å²) in [5.74, 6) is 0. The number of hydrogen-bond donors (Lipinski definition) is 1. The van der Waals surface area contributed by atoms with Gasteiger partial charge in [0.25, 0.3) is 0 Å². The summed E-state index contributed by atoms with van der Waals surface area (Å²) < 4.78 is 5.01. The first-order valence-electron chi connectivity index (χ1n) is 7.00. The summed E-state index contributed by atoms with van der Waals surface area (Å²) in [5, 5.41) is 6.67. The van der Waals surface area contributed by atoms with Crippen LogP contribution in [-0.2, 0) is 11.3 Å². The number of nitrogens with zero attached hydrogens (tertiary/aromatic N) is 2. The Labute approximate surface area is 120 Å². The van der Waals surface area contributed by atoms with Gasteiger partial charge < -0.3 is 15.0 Å². The van der Waals surface area contributed by atoms with Crippen LogP contribution in [0.3, 0.4) is 0 Å². The van der Waals surface area contributed by atoms with Crippen LogP contribution in [0.25, 0.3) is 0 Å². The maximum absolute atomic E-state index is 5.01. The van der Waals surface area contributed by atoms with Crippen LogP contribution in [0.15, 0.2) is 5.38 Å². The fraction of sp³-hybridized carbons (Fsp3) is 0.786. The van der Waals surface area contributed by atoms with Crippen LogP contribution in [0.4, 0.5) is 5.13 Å². The molecular weight excluding hydrogens is 258 g/mol. The quantitative estimate of drug-likeness (QED) is 0.814. The smallest absolute Gasteiger partial charge is 0.185 e. The van der Waals surface area contributed by atoms with Gasteiger partial charge in [-0.3, -0.25) is 0 Å². The van der Waals surface area contributed by atoms with E-state index < -0.39 is 0 Å². The number of hydrogen-bond acceptors (Lipinski definition) is 5. The Kier molecular flexibility index (Phi) is 5.19. The van der Waals surface area contributed by atoms with Crippen LogP contribution in [0.2, 0.25) is 0 Å². The molecule has 0 spiro atoms. The van der Waals surface area contributed by atoms with Crippen molar-refractivity contribution >= 4 is 16.5 Å². The zero-order valence-corrected chi connectivity index (χ0v) is 13.1. The molecule has 19 heavy (non-hydrogen) atoms. The highest BCUT2D eigenvalue weighted by molar-refractivity contribution is 7.13. The van der Waals surface area contributed by atoms with Crippen molar-refractivity contribution < 1.29 is 4.74 Å². The monoisotopic (exact) mass is 283 g/mol. The number of anilines is 1. The summed E-state index contributed by atoms with van der Waals surface area (Å²) in [6, 6.07) is 0. The van der Waals surface area contributed by atoms with E-state index in [1.165, 1.54) is 18.0 Å². The Morgan fingerprint density at radius 3 is 2.84 bits per heavy atom. The fourth-order valence-electron chi connectivity index (χ4n) is 2.22. The zero-order chi connectivity index (χ0) is 13.7. The molecule has 1 aliphatic rings. The summed E-state index contributed by atoms with van der Waals surface area (Å²) in [7, 11) is 1.72. The van der Waals surface area contributed by atoms with Crippen molar-refractivity contribution in [3.63, 3.8) is 0 Å². The van der Waals surface area contributed by atoms with Crippen LogP contribution < -0.4 is 10.2 Å². The van der Waals surface area contributed by atoms with E-state index in [9.17, 15) is 0 Å². The van der Waals surface area contributed by atoms with Crippen molar-refractivity contribution in [2.24, 2.45) is 5.41 Å². The number of aromatic nitrogens is 1. The van der Waals surface area contributed by atoms with Gasteiger partial charge in [-0.15, -0.1) is 11.3 Å². The van der Waals surface area contributed by atoms with Gasteiger partial charge in [0.2, 0.25) is 0 Å². The first kappa shape index (κ1) is 14.8. The predicted octanol–water partition coefficient (Wildman–Crippen LogP) is 2.51. The van der Waals surface area contributed by atoms with Crippen LogP contribution in [0, 0.1) is 5.41 Å². The van der Waals surface area contributed by atoms with Gasteiger partial charge in [0.05, 0.1) is 12.3 Å². The SMILES string of the molecule is COCCNCc1csc(N2CCC(C)(C)CC2)n1. The predicted molar refractivity (Wildman–Crippen MR) is 80.9 cm³/mol. The molecule has 1 aromatic rings. The minimum absolute atomic E-state index is 0.498. The number of thiazole rings is 1. The largest absolute Gasteiger partial charge is 0.383 e. The first-order valence-corrected chi connectivity index (χ1v) is 7.88. The number of methoxy groups -OCH3 is 1. The molecule has 0 saturated carbocycles. The minimum Gasteiger partial charge on any atom is -0.383 e. The second-order valence-electron chi connectivity index (χ2n) is 5.94. The molecule has 1 saturated heterocycles. The molecule has 0 aromatic carbocycles. The molecule has 1 N–H and O–H groups in total. The maximum Gasteiger partial charge on any atom is 0.185 e. The van der Waals surface area contributed by atoms with Gasteiger partial charge in [0.1, 0.15) is 0 Å². The molecular formula is C14H25N3OS. The molecule has 1 fully saturated rings. The summed E-state index contributed by atoms with van der Waals surface area (Å²) in [6.45, 7) is 9.45. The van der Waals surface area contributed by atoms with E-state index >= 15 is 0 Å². The lowest BCUT2D eigenvalue weighted by Gasteiger charge is -2.36. The molecule has 0 radical (unpaired) electrons. The third kappa shape index (κ3) is 4.44. The summed E-state index contributed by atoms with van der Waals surface area (Å²) in [6.07, 6.45) is 2.52. The lowest BCUT2D eigenvalue weighted by atomic mass is 9.83. The highest BCUT2D eigenvalue weighted by atomic mass is 32.1. The van der Waals surface area contributed by atoms with E-state index in [4.69, 9.17) is 9.72 Å². The van der Waals surface area contributed by atoms with E-state index in [-0.39, 0.29) is 0 Å². The topological polar surface area (TPSA) is 37.4 Å². The number of piperidine rings is 1. The average Bonchev–Trinajstić information content (AvgIpc) is 2.83. The standard InChI is InChI=1S/C14H25N3OS/c1-14(2)4-7-17(8-5-14)13-16-12(11-19-13)10-15-6-9-18-3/h11,15H,4-10H2,1-3H3. The van der Waals surface area contributed by atoms with Gasteiger partial charge in [0.15, 0.2) is 5.13 Å². The molecule has 0 aliphatic carbocycles. The van der Waals surface area contributed by atoms with E-state index in [1.54, 1.807) is 18.4 Å². The minimum atomic E-state index is 0.498. The summed E-state index contributed by atoms with van der Waals surface area (Å²) >= 11 is 1.76. The van der Waals surface area contributed by atoms with E-state index in [0.29, 0.717) is 5.41 Å². The van der Waals surface area contributed by atoms with Crippen LogP contribution in [-0.4, -0.2) is 38.3 Å². The molecule has 2 heterocycles. The lowest BCUT2D eigenvalue weighted by molar-refractivity contribution is 0.199. The Hall–Kier alpha value is -0.650. The van der Waals surface area contributed by atoms with Crippen molar-refractivity contribution in [1.82, 2.24) is 10.3 Å². The van der Waals surface area contributed by atoms with Gasteiger partial charge in [0, 0.05) is 38.7 Å². The molecule has 108 valence electrons. The van der Waals surface area contributed by atoms with Crippen LogP contribution in [0.1, 0.15) is 32.4 Å². The van der Waals surface area contributed by atoms with Crippen molar-refractivity contribution in [2.45, 2.75) is 33.2 Å². The van der Waals surface area contributed by atoms with Crippen LogP contribution in [0.5, 0.6) is 0 Å². The molecule has 0 bridgehead atoms. The van der Waals surface area contributed by atoms with Crippen LogP contribution >= 0.6 is 11.3 Å². The molecule has 4 nitrogen and oxygen atoms in total. The van der Waals surface area contributed by atoms with E-state index in [2.05, 4.69) is 29.4 Å². The summed E-state index contributed by atoms with van der Waals surface area (Å²) in [5.41, 5.74) is 1.64. The third-order valence-electron chi connectivity index (χ3n) is 3.72. The number of rotatable bonds is 6. The molecule has 2 rings (SSSR count). The Morgan fingerprint density at radius 1 is 1.42 bits per heavy atom. The van der Waals surface area contributed by atoms with Gasteiger partial charge in [-0.25, -0.2) is 4.98 Å². The average molecular weight is 283 g/mol. The second kappa shape index (κ2) is 6.68. The Morgan fingerprint density at radius 2 is 2.16 bits per heavy atom. The Bertz CT molecular complexity index is 382. The molecule has 0 unspecified atom stereocenters. The normalized spacial score (nSPS) is 18.8. The van der Waals surface area contributed by atoms with Crippen molar-refractivity contribution in [1.29, 1.82) is 0 Å². The molecule has 1 aliphatic heterocycles. The molecule has 1 aromatic heterocycles.